The van der Waals surface area contributed by atoms with Gasteiger partial charge in [-0.3, -0.25) is 14.9 Å². The topological polar surface area (TPSA) is 70.2 Å². The summed E-state index contributed by atoms with van der Waals surface area (Å²) < 4.78 is 52.4. The van der Waals surface area contributed by atoms with E-state index in [9.17, 15) is 27.2 Å². The maximum atomic E-state index is 14.0. The van der Waals surface area contributed by atoms with Crippen LogP contribution in [0.15, 0.2) is 18.2 Å². The van der Waals surface area contributed by atoms with Crippen LogP contribution in [0.1, 0.15) is 50.3 Å². The largest absolute Gasteiger partial charge is 0.419 e. The van der Waals surface area contributed by atoms with Gasteiger partial charge in [0.2, 0.25) is 11.8 Å². The molecule has 2 amide bonds. The predicted octanol–water partition coefficient (Wildman–Crippen LogP) is 2.63. The van der Waals surface area contributed by atoms with E-state index in [0.717, 1.165) is 18.9 Å². The highest BCUT2D eigenvalue weighted by atomic mass is 19.4. The van der Waals surface area contributed by atoms with Gasteiger partial charge in [-0.15, -0.1) is 0 Å². The number of amides is 2. The number of hydrogen-bond acceptors (Lipinski definition) is 3. The van der Waals surface area contributed by atoms with Gasteiger partial charge in [-0.2, -0.15) is 13.2 Å². The third-order valence-electron chi connectivity index (χ3n) is 5.19. The van der Waals surface area contributed by atoms with Gasteiger partial charge in [0, 0.05) is 0 Å². The van der Waals surface area contributed by atoms with Crippen LogP contribution in [0.25, 0.3) is 0 Å². The van der Waals surface area contributed by atoms with Crippen LogP contribution in [0.5, 0.6) is 0 Å². The van der Waals surface area contributed by atoms with E-state index in [0.29, 0.717) is 6.07 Å². The molecule has 0 bridgehead atoms. The summed E-state index contributed by atoms with van der Waals surface area (Å²) in [5, 5.41) is 8.38. The molecule has 1 aliphatic carbocycles. The van der Waals surface area contributed by atoms with E-state index in [1.165, 1.54) is 6.07 Å². The fraction of sp³-hybridized carbons (Fsp3) is 0.556. The number of benzene rings is 1. The first-order valence-electron chi connectivity index (χ1n) is 8.72. The Morgan fingerprint density at radius 2 is 2.00 bits per heavy atom. The van der Waals surface area contributed by atoms with Gasteiger partial charge in [-0.25, -0.2) is 4.39 Å². The Morgan fingerprint density at radius 1 is 1.33 bits per heavy atom. The van der Waals surface area contributed by atoms with Crippen molar-refractivity contribution in [1.29, 1.82) is 0 Å². The number of alkyl halides is 3. The molecule has 0 radical (unpaired) electrons. The molecule has 3 N–H and O–H groups in total. The summed E-state index contributed by atoms with van der Waals surface area (Å²) in [6, 6.07) is 1.34. The molecule has 5 nitrogen and oxygen atoms in total. The van der Waals surface area contributed by atoms with Crippen LogP contribution in [0.4, 0.5) is 17.6 Å². The van der Waals surface area contributed by atoms with Crippen molar-refractivity contribution in [3.05, 3.63) is 35.1 Å². The molecule has 148 valence electrons. The predicted molar refractivity (Wildman–Crippen MR) is 88.8 cm³/mol. The van der Waals surface area contributed by atoms with Gasteiger partial charge in [0.25, 0.3) is 0 Å². The summed E-state index contributed by atoms with van der Waals surface area (Å²) in [5.41, 5.74) is -1.41. The molecule has 1 aromatic rings. The van der Waals surface area contributed by atoms with Crippen LogP contribution in [-0.2, 0) is 15.8 Å². The average molecular weight is 387 g/mol. The highest BCUT2D eigenvalue weighted by Crippen LogP contribution is 2.54. The lowest BCUT2D eigenvalue weighted by molar-refractivity contribution is -0.140. The van der Waals surface area contributed by atoms with Gasteiger partial charge in [0.05, 0.1) is 30.2 Å². The molecule has 1 saturated heterocycles. The van der Waals surface area contributed by atoms with E-state index in [4.69, 9.17) is 0 Å². The quantitative estimate of drug-likeness (QED) is 0.696. The first-order chi connectivity index (χ1) is 12.5. The lowest BCUT2D eigenvalue weighted by atomic mass is 9.90. The molecule has 3 rings (SSSR count). The minimum absolute atomic E-state index is 0.0407. The van der Waals surface area contributed by atoms with Crippen molar-refractivity contribution in [3.8, 4) is 0 Å². The lowest BCUT2D eigenvalue weighted by Crippen LogP contribution is -2.60. The maximum absolute atomic E-state index is 14.0. The van der Waals surface area contributed by atoms with Gasteiger partial charge in [0.15, 0.2) is 0 Å². The van der Waals surface area contributed by atoms with Gasteiger partial charge >= 0.3 is 6.18 Å². The number of carbonyl (C=O) groups excluding carboxylic acids is 2. The van der Waals surface area contributed by atoms with Crippen molar-refractivity contribution < 1.29 is 27.2 Å². The lowest BCUT2D eigenvalue weighted by Gasteiger charge is -2.32. The van der Waals surface area contributed by atoms with E-state index in [2.05, 4.69) is 16.0 Å². The Balaban J connectivity index is 1.82. The highest BCUT2D eigenvalue weighted by molar-refractivity contribution is 5.89. The third kappa shape index (κ3) is 4.23. The molecule has 0 aromatic heterocycles. The summed E-state index contributed by atoms with van der Waals surface area (Å²) >= 11 is 0. The van der Waals surface area contributed by atoms with Crippen LogP contribution < -0.4 is 16.0 Å². The Kier molecular flexibility index (Phi) is 4.92. The van der Waals surface area contributed by atoms with Gasteiger partial charge in [-0.05, 0) is 42.9 Å². The molecule has 1 aliphatic heterocycles. The number of halogens is 4. The fourth-order valence-corrected chi connectivity index (χ4v) is 3.39. The van der Waals surface area contributed by atoms with E-state index in [-0.39, 0.29) is 29.5 Å². The zero-order valence-corrected chi connectivity index (χ0v) is 14.9. The Hall–Kier alpha value is -2.16. The number of rotatable bonds is 4. The van der Waals surface area contributed by atoms with Crippen molar-refractivity contribution in [1.82, 2.24) is 16.0 Å². The minimum atomic E-state index is -4.78. The van der Waals surface area contributed by atoms with Gasteiger partial charge in [-0.1, -0.05) is 13.0 Å². The van der Waals surface area contributed by atoms with Crippen LogP contribution in [0.2, 0.25) is 0 Å². The zero-order chi connectivity index (χ0) is 20.0. The second kappa shape index (κ2) is 6.78. The first-order valence-corrected chi connectivity index (χ1v) is 8.72. The highest BCUT2D eigenvalue weighted by Gasteiger charge is 2.47. The van der Waals surface area contributed by atoms with Crippen molar-refractivity contribution >= 4 is 11.8 Å². The Labute approximate surface area is 153 Å². The molecule has 2 aliphatic rings. The molecular weight excluding hydrogens is 366 g/mol. The zero-order valence-electron chi connectivity index (χ0n) is 14.9. The number of hydrogen-bond donors (Lipinski definition) is 3. The average Bonchev–Trinajstić information content (AvgIpc) is 3.28. The monoisotopic (exact) mass is 387 g/mol. The fourth-order valence-electron chi connectivity index (χ4n) is 3.39. The van der Waals surface area contributed by atoms with Crippen LogP contribution in [0.3, 0.4) is 0 Å². The maximum Gasteiger partial charge on any atom is 0.419 e. The normalized spacial score (nSPS) is 25.5. The van der Waals surface area contributed by atoms with Gasteiger partial charge in [0.1, 0.15) is 5.82 Å². The second-order valence-electron chi connectivity index (χ2n) is 7.55. The van der Waals surface area contributed by atoms with E-state index < -0.39 is 35.5 Å². The smallest absolute Gasteiger partial charge is 0.347 e. The van der Waals surface area contributed by atoms with Crippen molar-refractivity contribution in [3.63, 3.8) is 0 Å². The molecule has 0 spiro atoms. The molecule has 1 heterocycles. The van der Waals surface area contributed by atoms with E-state index in [1.807, 2.05) is 6.92 Å². The molecule has 2 fully saturated rings. The number of nitrogens with one attached hydrogen (secondary N) is 3. The molecule has 27 heavy (non-hydrogen) atoms. The van der Waals surface area contributed by atoms with E-state index >= 15 is 0 Å². The second-order valence-corrected chi connectivity index (χ2v) is 7.55. The number of carbonyl (C=O) groups is 2. The van der Waals surface area contributed by atoms with Crippen LogP contribution in [-0.4, -0.2) is 24.0 Å². The SMILES string of the molecule is CC1NC(=O)CC(C(=O)N[C@@H](c2ccc(C(F)(F)F)c(F)c2)C2(C)CC2)N1. The molecule has 2 unspecified atom stereocenters. The van der Waals surface area contributed by atoms with E-state index in [1.54, 1.807) is 6.92 Å². The Morgan fingerprint density at radius 3 is 2.52 bits per heavy atom. The summed E-state index contributed by atoms with van der Waals surface area (Å²) in [6.45, 7) is 3.58. The van der Waals surface area contributed by atoms with Crippen molar-refractivity contribution in [2.24, 2.45) is 5.41 Å². The third-order valence-corrected chi connectivity index (χ3v) is 5.19. The van der Waals surface area contributed by atoms with Crippen molar-refractivity contribution in [2.75, 3.05) is 0 Å². The molecular formula is C18H21F4N3O2. The van der Waals surface area contributed by atoms with Gasteiger partial charge < -0.3 is 10.6 Å². The molecule has 1 aromatic carbocycles. The summed E-state index contributed by atoms with van der Waals surface area (Å²) in [6.07, 6.45) is -3.67. The summed E-state index contributed by atoms with van der Waals surface area (Å²) in [4.78, 5) is 24.3. The standard InChI is InChI=1S/C18H21F4N3O2/c1-9-23-13(8-14(26)24-9)16(27)25-15(17(2)5-6-17)10-3-4-11(12(19)7-10)18(20,21)22/h3-4,7,9,13,15,23H,5-6,8H2,1-2H3,(H,24,26)(H,25,27)/t9?,13?,15-/m0/s1. The summed E-state index contributed by atoms with van der Waals surface area (Å²) in [5.74, 6) is -2.07. The minimum Gasteiger partial charge on any atom is -0.347 e. The molecule has 1 saturated carbocycles. The van der Waals surface area contributed by atoms with Crippen molar-refractivity contribution in [2.45, 2.75) is 57.5 Å². The molecule has 3 atom stereocenters. The Bertz CT molecular complexity index is 761. The van der Waals surface area contributed by atoms with Crippen LogP contribution >= 0.6 is 0 Å². The first kappa shape index (κ1) is 19.6. The van der Waals surface area contributed by atoms with Crippen LogP contribution in [0, 0.1) is 11.2 Å². The summed E-state index contributed by atoms with van der Waals surface area (Å²) in [7, 11) is 0. The molecule has 9 heteroatoms.